The molecule has 0 unspecified atom stereocenters. The lowest BCUT2D eigenvalue weighted by Gasteiger charge is -2.34. The van der Waals surface area contributed by atoms with E-state index in [1.54, 1.807) is 19.9 Å². The smallest absolute Gasteiger partial charge is 0.219 e. The van der Waals surface area contributed by atoms with Crippen LogP contribution in [0.3, 0.4) is 0 Å². The predicted octanol–water partition coefficient (Wildman–Crippen LogP) is 1.97. The van der Waals surface area contributed by atoms with Gasteiger partial charge in [0.2, 0.25) is 5.91 Å². The molecule has 1 saturated heterocycles. The molecule has 27 heavy (non-hydrogen) atoms. The highest BCUT2D eigenvalue weighted by atomic mass is 127. The Morgan fingerprint density at radius 1 is 1.22 bits per heavy atom. The van der Waals surface area contributed by atoms with Crippen molar-refractivity contribution in [2.75, 3.05) is 45.8 Å². The summed E-state index contributed by atoms with van der Waals surface area (Å²) in [5, 5.41) is 6.53. The molecule has 1 amide bonds. The van der Waals surface area contributed by atoms with E-state index in [1.807, 2.05) is 17.9 Å². The van der Waals surface area contributed by atoms with Crippen LogP contribution in [0.1, 0.15) is 25.0 Å². The lowest BCUT2D eigenvalue weighted by atomic mass is 10.1. The molecule has 6 nitrogen and oxygen atoms in total. The number of carbonyl (C=O) groups excluding carboxylic acids is 1. The Hall–Kier alpha value is -1.42. The molecule has 1 aliphatic heterocycles. The maximum Gasteiger partial charge on any atom is 0.219 e. The van der Waals surface area contributed by atoms with E-state index in [0.29, 0.717) is 12.1 Å². The lowest BCUT2D eigenvalue weighted by Crippen LogP contribution is -2.50. The fraction of sp³-hybridized carbons (Fsp3) is 0.579. The second kappa shape index (κ2) is 12.1. The Bertz CT molecular complexity index is 633. The summed E-state index contributed by atoms with van der Waals surface area (Å²) in [4.78, 5) is 20.1. The van der Waals surface area contributed by atoms with Gasteiger partial charge in [-0.05, 0) is 31.0 Å². The van der Waals surface area contributed by atoms with Crippen molar-refractivity contribution in [3.05, 3.63) is 35.1 Å². The summed E-state index contributed by atoms with van der Waals surface area (Å²) >= 11 is 0. The van der Waals surface area contributed by atoms with Gasteiger partial charge in [-0.1, -0.05) is 12.1 Å². The number of nitrogens with zero attached hydrogens (tertiary/aromatic N) is 3. The Morgan fingerprint density at radius 3 is 2.52 bits per heavy atom. The predicted molar refractivity (Wildman–Crippen MR) is 118 cm³/mol. The summed E-state index contributed by atoms with van der Waals surface area (Å²) in [5.41, 5.74) is 1.50. The van der Waals surface area contributed by atoms with Crippen molar-refractivity contribution in [1.29, 1.82) is 0 Å². The molecule has 1 aromatic carbocycles. The number of hydrogen-bond acceptors (Lipinski definition) is 3. The van der Waals surface area contributed by atoms with Gasteiger partial charge in [0, 0.05) is 52.7 Å². The number of piperazine rings is 1. The van der Waals surface area contributed by atoms with Gasteiger partial charge in [0.1, 0.15) is 5.82 Å². The van der Waals surface area contributed by atoms with Crippen LogP contribution in [0.15, 0.2) is 23.2 Å². The zero-order chi connectivity index (χ0) is 18.9. The third-order valence-corrected chi connectivity index (χ3v) is 4.54. The molecule has 0 atom stereocenters. The number of rotatable bonds is 6. The zero-order valence-corrected chi connectivity index (χ0v) is 18.8. The number of guanidine groups is 1. The van der Waals surface area contributed by atoms with Crippen LogP contribution in [0, 0.1) is 12.7 Å². The molecule has 1 aromatic rings. The van der Waals surface area contributed by atoms with Gasteiger partial charge >= 0.3 is 0 Å². The van der Waals surface area contributed by atoms with Crippen LogP contribution in [0.25, 0.3) is 0 Å². The quantitative estimate of drug-likeness (QED) is 0.363. The first-order valence-electron chi connectivity index (χ1n) is 9.24. The normalized spacial score (nSPS) is 15.3. The summed E-state index contributed by atoms with van der Waals surface area (Å²) in [6.45, 7) is 11.7. The maximum atomic E-state index is 13.6. The molecule has 0 aliphatic carbocycles. The Morgan fingerprint density at radius 2 is 1.93 bits per heavy atom. The molecule has 8 heteroatoms. The summed E-state index contributed by atoms with van der Waals surface area (Å²) < 4.78 is 13.6. The van der Waals surface area contributed by atoms with Crippen LogP contribution in [0.2, 0.25) is 0 Å². The van der Waals surface area contributed by atoms with Crippen LogP contribution in [0.5, 0.6) is 0 Å². The van der Waals surface area contributed by atoms with Crippen LogP contribution < -0.4 is 10.6 Å². The van der Waals surface area contributed by atoms with E-state index in [9.17, 15) is 9.18 Å². The van der Waals surface area contributed by atoms with Crippen LogP contribution in [-0.4, -0.2) is 67.5 Å². The minimum atomic E-state index is -0.194. The monoisotopic (exact) mass is 491 g/mol. The minimum absolute atomic E-state index is 0. The van der Waals surface area contributed by atoms with Gasteiger partial charge in [0.15, 0.2) is 5.96 Å². The van der Waals surface area contributed by atoms with Crippen molar-refractivity contribution < 1.29 is 9.18 Å². The van der Waals surface area contributed by atoms with E-state index in [2.05, 4.69) is 20.5 Å². The maximum absolute atomic E-state index is 13.6. The van der Waals surface area contributed by atoms with Crippen molar-refractivity contribution in [3.8, 4) is 0 Å². The number of aryl methyl sites for hydroxylation is 1. The van der Waals surface area contributed by atoms with E-state index in [4.69, 9.17) is 0 Å². The molecule has 0 spiro atoms. The van der Waals surface area contributed by atoms with Gasteiger partial charge in [-0.2, -0.15) is 0 Å². The van der Waals surface area contributed by atoms with Gasteiger partial charge < -0.3 is 15.5 Å². The van der Waals surface area contributed by atoms with Crippen molar-refractivity contribution in [1.82, 2.24) is 20.4 Å². The van der Waals surface area contributed by atoms with Gasteiger partial charge in [-0.15, -0.1) is 24.0 Å². The first-order chi connectivity index (χ1) is 12.5. The second-order valence-electron chi connectivity index (χ2n) is 6.55. The molecule has 1 aliphatic rings. The molecule has 2 N–H and O–H groups in total. The molecule has 0 bridgehead atoms. The molecule has 152 valence electrons. The standard InChI is InChI=1S/C19H30FN5O.HI/c1-4-21-19(23-14-17-6-5-15(2)18(20)13-17)22-7-8-24-9-11-25(12-10-24)16(3)26;/h5-6,13H,4,7-12,14H2,1-3H3,(H2,21,22,23);1H. The average molecular weight is 491 g/mol. The molecule has 1 heterocycles. The molecule has 2 rings (SSSR count). The highest BCUT2D eigenvalue weighted by Crippen LogP contribution is 2.10. The number of nitrogens with one attached hydrogen (secondary N) is 2. The van der Waals surface area contributed by atoms with E-state index in [-0.39, 0.29) is 35.7 Å². The van der Waals surface area contributed by atoms with Crippen LogP contribution >= 0.6 is 24.0 Å². The van der Waals surface area contributed by atoms with Crippen molar-refractivity contribution >= 4 is 35.8 Å². The molecular formula is C19H31FIN5O. The number of carbonyl (C=O) groups is 1. The fourth-order valence-corrected chi connectivity index (χ4v) is 2.87. The molecule has 0 radical (unpaired) electrons. The van der Waals surface area contributed by atoms with Gasteiger partial charge in [-0.3, -0.25) is 9.69 Å². The topological polar surface area (TPSA) is 60.0 Å². The third-order valence-electron chi connectivity index (χ3n) is 4.54. The lowest BCUT2D eigenvalue weighted by molar-refractivity contribution is -0.130. The van der Waals surface area contributed by atoms with E-state index < -0.39 is 0 Å². The summed E-state index contributed by atoms with van der Waals surface area (Å²) in [7, 11) is 0. The summed E-state index contributed by atoms with van der Waals surface area (Å²) in [5.74, 6) is 0.688. The fourth-order valence-electron chi connectivity index (χ4n) is 2.87. The van der Waals surface area contributed by atoms with Crippen molar-refractivity contribution in [2.45, 2.75) is 27.3 Å². The van der Waals surface area contributed by atoms with Crippen LogP contribution in [0.4, 0.5) is 4.39 Å². The largest absolute Gasteiger partial charge is 0.357 e. The first kappa shape index (κ1) is 23.6. The molecule has 0 aromatic heterocycles. The van der Waals surface area contributed by atoms with E-state index in [1.165, 1.54) is 6.07 Å². The molecular weight excluding hydrogens is 460 g/mol. The zero-order valence-electron chi connectivity index (χ0n) is 16.4. The van der Waals surface area contributed by atoms with Crippen LogP contribution in [-0.2, 0) is 11.3 Å². The molecule has 1 fully saturated rings. The number of amides is 1. The highest BCUT2D eigenvalue weighted by Gasteiger charge is 2.17. The SMILES string of the molecule is CCNC(=NCc1ccc(C)c(F)c1)NCCN1CCN(C(C)=O)CC1.I. The Labute approximate surface area is 178 Å². The summed E-state index contributed by atoms with van der Waals surface area (Å²) in [6.07, 6.45) is 0. The van der Waals surface area contributed by atoms with E-state index in [0.717, 1.165) is 57.3 Å². The Kier molecular flexibility index (Phi) is 10.6. The summed E-state index contributed by atoms with van der Waals surface area (Å²) in [6, 6.07) is 5.22. The molecule has 0 saturated carbocycles. The third kappa shape index (κ3) is 8.00. The average Bonchev–Trinajstić information content (AvgIpc) is 2.63. The number of hydrogen-bond donors (Lipinski definition) is 2. The van der Waals surface area contributed by atoms with Gasteiger partial charge in [0.05, 0.1) is 6.54 Å². The van der Waals surface area contributed by atoms with Gasteiger partial charge in [-0.25, -0.2) is 9.38 Å². The number of benzene rings is 1. The number of halogens is 2. The minimum Gasteiger partial charge on any atom is -0.357 e. The van der Waals surface area contributed by atoms with Crippen molar-refractivity contribution in [3.63, 3.8) is 0 Å². The van der Waals surface area contributed by atoms with E-state index >= 15 is 0 Å². The number of aliphatic imine (C=N–C) groups is 1. The van der Waals surface area contributed by atoms with Gasteiger partial charge in [0.25, 0.3) is 0 Å². The Balaban J connectivity index is 0.00000364. The first-order valence-corrected chi connectivity index (χ1v) is 9.24. The van der Waals surface area contributed by atoms with Crippen molar-refractivity contribution in [2.24, 2.45) is 4.99 Å². The highest BCUT2D eigenvalue weighted by molar-refractivity contribution is 14.0. The second-order valence-corrected chi connectivity index (χ2v) is 6.55.